The van der Waals surface area contributed by atoms with E-state index < -0.39 is 0 Å². The number of benzene rings is 1. The second-order valence-corrected chi connectivity index (χ2v) is 4.49. The van der Waals surface area contributed by atoms with Crippen LogP contribution in [-0.2, 0) is 4.74 Å². The molecule has 2 rings (SSSR count). The molecule has 0 spiro atoms. The van der Waals surface area contributed by atoms with Gasteiger partial charge in [0.1, 0.15) is 11.9 Å². The van der Waals surface area contributed by atoms with Gasteiger partial charge in [0.05, 0.1) is 18.2 Å². The highest BCUT2D eigenvalue weighted by atomic mass is 35.5. The van der Waals surface area contributed by atoms with E-state index in [2.05, 4.69) is 0 Å². The highest BCUT2D eigenvalue weighted by molar-refractivity contribution is 6.32. The maximum absolute atomic E-state index is 6.13. The molecule has 2 atom stereocenters. The van der Waals surface area contributed by atoms with Crippen molar-refractivity contribution in [3.8, 4) is 5.75 Å². The fourth-order valence-corrected chi connectivity index (χ4v) is 1.91. The van der Waals surface area contributed by atoms with E-state index in [4.69, 9.17) is 26.8 Å². The summed E-state index contributed by atoms with van der Waals surface area (Å²) in [6.45, 7) is 3.34. The first-order valence-electron chi connectivity index (χ1n) is 5.46. The summed E-state index contributed by atoms with van der Waals surface area (Å²) in [4.78, 5) is 0. The van der Waals surface area contributed by atoms with Gasteiger partial charge in [-0.25, -0.2) is 0 Å². The molecule has 3 nitrogen and oxygen atoms in total. The van der Waals surface area contributed by atoms with Crippen LogP contribution in [0, 0.1) is 0 Å². The predicted octanol–water partition coefficient (Wildman–Crippen LogP) is 2.53. The molecule has 88 valence electrons. The molecule has 1 saturated heterocycles. The number of hydrogen-bond donors (Lipinski definition) is 1. The van der Waals surface area contributed by atoms with E-state index in [0.29, 0.717) is 17.4 Å². The van der Waals surface area contributed by atoms with E-state index >= 15 is 0 Å². The summed E-state index contributed by atoms with van der Waals surface area (Å²) < 4.78 is 11.0. The van der Waals surface area contributed by atoms with Gasteiger partial charge < -0.3 is 15.2 Å². The normalized spacial score (nSPS) is 22.1. The minimum atomic E-state index is -0.0126. The van der Waals surface area contributed by atoms with Gasteiger partial charge in [-0.1, -0.05) is 17.7 Å². The Morgan fingerprint density at radius 3 is 2.94 bits per heavy atom. The molecular weight excluding hydrogens is 226 g/mol. The van der Waals surface area contributed by atoms with Crippen molar-refractivity contribution in [3.63, 3.8) is 0 Å². The summed E-state index contributed by atoms with van der Waals surface area (Å²) >= 11 is 6.13. The van der Waals surface area contributed by atoms with Crippen LogP contribution in [0.3, 0.4) is 0 Å². The van der Waals surface area contributed by atoms with E-state index in [1.165, 1.54) is 0 Å². The molecular formula is C12H16ClNO2. The minimum Gasteiger partial charge on any atom is -0.486 e. The predicted molar refractivity (Wildman–Crippen MR) is 63.9 cm³/mol. The Morgan fingerprint density at radius 2 is 2.38 bits per heavy atom. The van der Waals surface area contributed by atoms with E-state index in [-0.39, 0.29) is 12.1 Å². The second kappa shape index (κ2) is 5.04. The topological polar surface area (TPSA) is 44.5 Å². The Morgan fingerprint density at radius 1 is 1.56 bits per heavy atom. The summed E-state index contributed by atoms with van der Waals surface area (Å²) in [5, 5.41) is 0.613. The molecule has 0 aliphatic carbocycles. The van der Waals surface area contributed by atoms with Crippen LogP contribution >= 0.6 is 11.6 Å². The fraction of sp³-hybridized carbons (Fsp3) is 0.500. The Balaban J connectivity index is 2.09. The Kier molecular flexibility index (Phi) is 3.69. The van der Waals surface area contributed by atoms with Crippen LogP contribution in [0.1, 0.15) is 24.9 Å². The zero-order valence-electron chi connectivity index (χ0n) is 9.28. The van der Waals surface area contributed by atoms with Crippen LogP contribution in [-0.4, -0.2) is 19.3 Å². The summed E-state index contributed by atoms with van der Waals surface area (Å²) in [7, 11) is 0. The maximum Gasteiger partial charge on any atom is 0.138 e. The Bertz CT molecular complexity index is 362. The molecule has 1 aliphatic rings. The molecule has 0 bridgehead atoms. The maximum atomic E-state index is 6.13. The largest absolute Gasteiger partial charge is 0.486 e. The number of nitrogens with two attached hydrogens (primary N) is 1. The standard InChI is InChI=1S/C12H16ClNO2/c1-8(14)9-2-3-12(11(13)6-9)16-10-4-5-15-7-10/h2-3,6,8,10H,4-5,7,14H2,1H3/t8-,10?/m0/s1. The van der Waals surface area contributed by atoms with Crippen molar-refractivity contribution >= 4 is 11.6 Å². The third-order valence-corrected chi connectivity index (χ3v) is 2.96. The molecule has 1 aliphatic heterocycles. The van der Waals surface area contributed by atoms with Crippen molar-refractivity contribution in [1.82, 2.24) is 0 Å². The van der Waals surface area contributed by atoms with E-state index in [9.17, 15) is 0 Å². The lowest BCUT2D eigenvalue weighted by Crippen LogP contribution is -2.16. The monoisotopic (exact) mass is 241 g/mol. The molecule has 2 N–H and O–H groups in total. The number of hydrogen-bond acceptors (Lipinski definition) is 3. The van der Waals surface area contributed by atoms with Crippen LogP contribution in [0.5, 0.6) is 5.75 Å². The highest BCUT2D eigenvalue weighted by Crippen LogP contribution is 2.29. The minimum absolute atomic E-state index is 0.0126. The quantitative estimate of drug-likeness (QED) is 0.885. The third-order valence-electron chi connectivity index (χ3n) is 2.66. The molecule has 16 heavy (non-hydrogen) atoms. The van der Waals surface area contributed by atoms with Crippen molar-refractivity contribution < 1.29 is 9.47 Å². The van der Waals surface area contributed by atoms with Crippen molar-refractivity contribution in [1.29, 1.82) is 0 Å². The molecule has 0 amide bonds. The van der Waals surface area contributed by atoms with Gasteiger partial charge in [0.2, 0.25) is 0 Å². The van der Waals surface area contributed by atoms with Crippen LogP contribution in [0.4, 0.5) is 0 Å². The first kappa shape index (κ1) is 11.7. The first-order valence-corrected chi connectivity index (χ1v) is 5.84. The van der Waals surface area contributed by atoms with Crippen molar-refractivity contribution in [2.45, 2.75) is 25.5 Å². The van der Waals surface area contributed by atoms with E-state index in [1.54, 1.807) is 0 Å². The second-order valence-electron chi connectivity index (χ2n) is 4.08. The van der Waals surface area contributed by atoms with Crippen LogP contribution in [0.15, 0.2) is 18.2 Å². The fourth-order valence-electron chi connectivity index (χ4n) is 1.68. The zero-order chi connectivity index (χ0) is 11.5. The Hall–Kier alpha value is -0.770. The number of ether oxygens (including phenoxy) is 2. The van der Waals surface area contributed by atoms with Crippen molar-refractivity contribution in [3.05, 3.63) is 28.8 Å². The van der Waals surface area contributed by atoms with Gasteiger partial charge in [-0.05, 0) is 24.6 Å². The van der Waals surface area contributed by atoms with Gasteiger partial charge in [0, 0.05) is 12.5 Å². The van der Waals surface area contributed by atoms with Crippen LogP contribution in [0.2, 0.25) is 5.02 Å². The van der Waals surface area contributed by atoms with Gasteiger partial charge in [-0.2, -0.15) is 0 Å². The molecule has 0 radical (unpaired) electrons. The summed E-state index contributed by atoms with van der Waals surface area (Å²) in [6.07, 6.45) is 1.05. The molecule has 1 aromatic carbocycles. The van der Waals surface area contributed by atoms with Gasteiger partial charge >= 0.3 is 0 Å². The average molecular weight is 242 g/mol. The smallest absolute Gasteiger partial charge is 0.138 e. The lowest BCUT2D eigenvalue weighted by atomic mass is 10.1. The van der Waals surface area contributed by atoms with Crippen LogP contribution in [0.25, 0.3) is 0 Å². The highest BCUT2D eigenvalue weighted by Gasteiger charge is 2.18. The third kappa shape index (κ3) is 2.67. The number of halogens is 1. The van der Waals surface area contributed by atoms with Gasteiger partial charge in [0.25, 0.3) is 0 Å². The molecule has 0 saturated carbocycles. The van der Waals surface area contributed by atoms with Crippen LogP contribution < -0.4 is 10.5 Å². The molecule has 0 aromatic heterocycles. The lowest BCUT2D eigenvalue weighted by molar-refractivity contribution is 0.141. The number of rotatable bonds is 3. The summed E-state index contributed by atoms with van der Waals surface area (Å²) in [5.41, 5.74) is 6.79. The van der Waals surface area contributed by atoms with E-state index in [1.807, 2.05) is 25.1 Å². The van der Waals surface area contributed by atoms with Crippen molar-refractivity contribution in [2.24, 2.45) is 5.73 Å². The first-order chi connectivity index (χ1) is 7.66. The molecule has 4 heteroatoms. The Labute approximate surface area is 100 Å². The molecule has 1 aromatic rings. The van der Waals surface area contributed by atoms with Gasteiger partial charge in [-0.3, -0.25) is 0 Å². The summed E-state index contributed by atoms with van der Waals surface area (Å²) in [6, 6.07) is 5.67. The van der Waals surface area contributed by atoms with Gasteiger partial charge in [0.15, 0.2) is 0 Å². The SMILES string of the molecule is C[C@H](N)c1ccc(OC2CCOC2)c(Cl)c1. The van der Waals surface area contributed by atoms with E-state index in [0.717, 1.165) is 18.6 Å². The zero-order valence-corrected chi connectivity index (χ0v) is 10.0. The molecule has 1 heterocycles. The molecule has 1 unspecified atom stereocenters. The van der Waals surface area contributed by atoms with Crippen molar-refractivity contribution in [2.75, 3.05) is 13.2 Å². The van der Waals surface area contributed by atoms with Gasteiger partial charge in [-0.15, -0.1) is 0 Å². The summed E-state index contributed by atoms with van der Waals surface area (Å²) in [5.74, 6) is 0.710. The average Bonchev–Trinajstić information content (AvgIpc) is 2.73. The molecule has 1 fully saturated rings. The lowest BCUT2D eigenvalue weighted by Gasteiger charge is -2.14.